The van der Waals surface area contributed by atoms with Crippen molar-refractivity contribution in [1.29, 1.82) is 0 Å². The van der Waals surface area contributed by atoms with E-state index in [-0.39, 0.29) is 18.5 Å². The highest BCUT2D eigenvalue weighted by molar-refractivity contribution is 5.79. The van der Waals surface area contributed by atoms with E-state index >= 15 is 0 Å². The van der Waals surface area contributed by atoms with E-state index in [1.54, 1.807) is 0 Å². The van der Waals surface area contributed by atoms with Gasteiger partial charge in [-0.1, -0.05) is 30.3 Å². The molecule has 1 aliphatic rings. The molecule has 3 rings (SSSR count). The first-order valence-electron chi connectivity index (χ1n) is 6.51. The lowest BCUT2D eigenvalue weighted by Gasteiger charge is -2.37. The van der Waals surface area contributed by atoms with Crippen LogP contribution in [0, 0.1) is 0 Å². The maximum atomic E-state index is 12.1. The lowest BCUT2D eigenvalue weighted by molar-refractivity contribution is -0.132. The third-order valence-corrected chi connectivity index (χ3v) is 3.65. The van der Waals surface area contributed by atoms with Gasteiger partial charge in [-0.15, -0.1) is 0 Å². The summed E-state index contributed by atoms with van der Waals surface area (Å²) in [5.74, 6) is 0.00121. The van der Waals surface area contributed by atoms with Crippen molar-refractivity contribution < 1.29 is 4.79 Å². The Morgan fingerprint density at radius 2 is 1.95 bits per heavy atom. The molecule has 0 radical (unpaired) electrons. The highest BCUT2D eigenvalue weighted by atomic mass is 16.2. The third-order valence-electron chi connectivity index (χ3n) is 3.65. The molecule has 19 heavy (non-hydrogen) atoms. The Hall–Kier alpha value is -2.07. The number of amides is 1. The van der Waals surface area contributed by atoms with Crippen LogP contribution in [0.3, 0.4) is 0 Å². The van der Waals surface area contributed by atoms with Crippen LogP contribution < -0.4 is 5.73 Å². The minimum Gasteiger partial charge on any atom is -0.348 e. The fraction of sp³-hybridized carbons (Fsp3) is 0.267. The molecule has 1 aliphatic heterocycles. The Bertz CT molecular complexity index is 576. The van der Waals surface area contributed by atoms with Crippen molar-refractivity contribution in [3.63, 3.8) is 0 Å². The average Bonchev–Trinajstić information content (AvgIpc) is 2.94. The first-order chi connectivity index (χ1) is 9.31. The van der Waals surface area contributed by atoms with Gasteiger partial charge in [0.05, 0.1) is 12.6 Å². The second kappa shape index (κ2) is 4.90. The number of nitrogens with zero attached hydrogens (tertiary/aromatic N) is 2. The summed E-state index contributed by atoms with van der Waals surface area (Å²) in [5.41, 5.74) is 7.82. The SMILES string of the molecule is NCC(=O)N1CCn2cccc2C1c1ccccc1. The highest BCUT2D eigenvalue weighted by Crippen LogP contribution is 2.32. The van der Waals surface area contributed by atoms with Crippen LogP contribution in [0.4, 0.5) is 0 Å². The molecule has 2 heterocycles. The maximum absolute atomic E-state index is 12.1. The third kappa shape index (κ3) is 2.04. The average molecular weight is 255 g/mol. The molecule has 0 saturated carbocycles. The first-order valence-corrected chi connectivity index (χ1v) is 6.51. The Kier molecular flexibility index (Phi) is 3.09. The smallest absolute Gasteiger partial charge is 0.237 e. The van der Waals surface area contributed by atoms with Gasteiger partial charge in [0.2, 0.25) is 5.91 Å². The minimum absolute atomic E-state index is 0.00121. The monoisotopic (exact) mass is 255 g/mol. The zero-order chi connectivity index (χ0) is 13.2. The molecular formula is C15H17N3O. The van der Waals surface area contributed by atoms with E-state index in [1.807, 2.05) is 29.2 Å². The van der Waals surface area contributed by atoms with Crippen LogP contribution in [0.5, 0.6) is 0 Å². The quantitative estimate of drug-likeness (QED) is 0.881. The Balaban J connectivity index is 2.07. The summed E-state index contributed by atoms with van der Waals surface area (Å²) in [6.45, 7) is 1.60. The lowest BCUT2D eigenvalue weighted by Crippen LogP contribution is -2.44. The number of rotatable bonds is 2. The number of carbonyl (C=O) groups excluding carboxylic acids is 1. The number of fused-ring (bicyclic) bond motifs is 1. The molecule has 4 nitrogen and oxygen atoms in total. The molecule has 0 fully saturated rings. The van der Waals surface area contributed by atoms with Crippen LogP contribution in [0.25, 0.3) is 0 Å². The zero-order valence-electron chi connectivity index (χ0n) is 10.7. The van der Waals surface area contributed by atoms with Gasteiger partial charge in [0.1, 0.15) is 0 Å². The van der Waals surface area contributed by atoms with Gasteiger partial charge in [-0.3, -0.25) is 4.79 Å². The van der Waals surface area contributed by atoms with Gasteiger partial charge in [-0.05, 0) is 17.7 Å². The number of nitrogens with two attached hydrogens (primary N) is 1. The topological polar surface area (TPSA) is 51.3 Å². The summed E-state index contributed by atoms with van der Waals surface area (Å²) in [7, 11) is 0. The largest absolute Gasteiger partial charge is 0.348 e. The van der Waals surface area contributed by atoms with Crippen molar-refractivity contribution in [3.05, 3.63) is 59.9 Å². The molecule has 1 atom stereocenters. The summed E-state index contributed by atoms with van der Waals surface area (Å²) in [6, 6.07) is 14.2. The molecule has 0 aliphatic carbocycles. The first kappa shape index (κ1) is 12.0. The Morgan fingerprint density at radius 1 is 1.16 bits per heavy atom. The van der Waals surface area contributed by atoms with Crippen LogP contribution in [0.2, 0.25) is 0 Å². The van der Waals surface area contributed by atoms with Gasteiger partial charge >= 0.3 is 0 Å². The minimum atomic E-state index is -0.0269. The molecule has 1 aromatic heterocycles. The molecular weight excluding hydrogens is 238 g/mol. The molecule has 1 unspecified atom stereocenters. The van der Waals surface area contributed by atoms with Crippen molar-refractivity contribution >= 4 is 5.91 Å². The van der Waals surface area contributed by atoms with Crippen LogP contribution in [0.15, 0.2) is 48.7 Å². The van der Waals surface area contributed by atoms with Crippen molar-refractivity contribution in [2.24, 2.45) is 5.73 Å². The Morgan fingerprint density at radius 3 is 2.68 bits per heavy atom. The number of hydrogen-bond donors (Lipinski definition) is 1. The van der Waals surface area contributed by atoms with Crippen molar-refractivity contribution in [3.8, 4) is 0 Å². The number of aromatic nitrogens is 1. The van der Waals surface area contributed by atoms with E-state index in [0.717, 1.165) is 17.8 Å². The molecule has 1 amide bonds. The van der Waals surface area contributed by atoms with E-state index in [4.69, 9.17) is 5.73 Å². The highest BCUT2D eigenvalue weighted by Gasteiger charge is 2.31. The number of benzene rings is 1. The van der Waals surface area contributed by atoms with Crippen molar-refractivity contribution in [2.45, 2.75) is 12.6 Å². The predicted octanol–water partition coefficient (Wildman–Crippen LogP) is 1.38. The number of hydrogen-bond acceptors (Lipinski definition) is 2. The molecule has 4 heteroatoms. The van der Waals surface area contributed by atoms with E-state index in [9.17, 15) is 4.79 Å². The Labute approximate surface area is 112 Å². The van der Waals surface area contributed by atoms with Gasteiger partial charge in [-0.2, -0.15) is 0 Å². The van der Waals surface area contributed by atoms with Crippen LogP contribution in [-0.4, -0.2) is 28.5 Å². The van der Waals surface area contributed by atoms with Gasteiger partial charge in [-0.25, -0.2) is 0 Å². The molecule has 2 aromatic rings. The normalized spacial score (nSPS) is 18.2. The second-order valence-corrected chi connectivity index (χ2v) is 4.73. The standard InChI is InChI=1S/C15H17N3O/c16-11-14(19)18-10-9-17-8-4-7-13(17)15(18)12-5-2-1-3-6-12/h1-8,15H,9-11,16H2. The fourth-order valence-corrected chi connectivity index (χ4v) is 2.76. The fourth-order valence-electron chi connectivity index (χ4n) is 2.76. The lowest BCUT2D eigenvalue weighted by atomic mass is 10.00. The van der Waals surface area contributed by atoms with Crippen molar-refractivity contribution in [2.75, 3.05) is 13.1 Å². The molecule has 1 aromatic carbocycles. The molecule has 0 saturated heterocycles. The van der Waals surface area contributed by atoms with E-state index < -0.39 is 0 Å². The van der Waals surface area contributed by atoms with E-state index in [0.29, 0.717) is 6.54 Å². The molecule has 0 bridgehead atoms. The zero-order valence-corrected chi connectivity index (χ0v) is 10.7. The van der Waals surface area contributed by atoms with E-state index in [2.05, 4.69) is 29.0 Å². The van der Waals surface area contributed by atoms with Gasteiger partial charge < -0.3 is 15.2 Å². The summed E-state index contributed by atoms with van der Waals surface area (Å²) >= 11 is 0. The van der Waals surface area contributed by atoms with Gasteiger partial charge in [0.15, 0.2) is 0 Å². The summed E-state index contributed by atoms with van der Waals surface area (Å²) in [5, 5.41) is 0. The number of carbonyl (C=O) groups is 1. The van der Waals surface area contributed by atoms with Crippen LogP contribution in [-0.2, 0) is 11.3 Å². The summed E-state index contributed by atoms with van der Waals surface area (Å²) in [4.78, 5) is 14.0. The molecule has 0 spiro atoms. The second-order valence-electron chi connectivity index (χ2n) is 4.73. The van der Waals surface area contributed by atoms with Crippen LogP contribution in [0.1, 0.15) is 17.3 Å². The maximum Gasteiger partial charge on any atom is 0.237 e. The summed E-state index contributed by atoms with van der Waals surface area (Å²) < 4.78 is 2.21. The van der Waals surface area contributed by atoms with Gasteiger partial charge in [0.25, 0.3) is 0 Å². The molecule has 2 N–H and O–H groups in total. The predicted molar refractivity (Wildman–Crippen MR) is 73.5 cm³/mol. The van der Waals surface area contributed by atoms with Gasteiger partial charge in [0, 0.05) is 25.0 Å². The van der Waals surface area contributed by atoms with Crippen LogP contribution >= 0.6 is 0 Å². The molecule has 98 valence electrons. The summed E-state index contributed by atoms with van der Waals surface area (Å²) in [6.07, 6.45) is 2.07. The van der Waals surface area contributed by atoms with E-state index in [1.165, 1.54) is 0 Å². The van der Waals surface area contributed by atoms with Crippen molar-refractivity contribution in [1.82, 2.24) is 9.47 Å².